The first kappa shape index (κ1) is 15.5. The number of fused-ring (bicyclic) bond motifs is 3. The van der Waals surface area contributed by atoms with E-state index < -0.39 is 0 Å². The van der Waals surface area contributed by atoms with E-state index in [0.29, 0.717) is 18.1 Å². The lowest BCUT2D eigenvalue weighted by Crippen LogP contribution is -2.11. The second-order valence-corrected chi connectivity index (χ2v) is 5.52. The number of phenolic OH excluding ortho intramolecular Hbond substituents is 2. The average molecular weight is 316 g/mol. The first-order valence-electron chi connectivity index (χ1n) is 7.42. The minimum Gasteiger partial charge on any atom is -0.508 e. The average Bonchev–Trinajstić information content (AvgIpc) is 2.56. The van der Waals surface area contributed by atoms with Gasteiger partial charge in [-0.1, -0.05) is 6.07 Å². The lowest BCUT2D eigenvalue weighted by molar-refractivity contribution is 0.180. The van der Waals surface area contributed by atoms with Crippen molar-refractivity contribution in [3.05, 3.63) is 34.9 Å². The topological polar surface area (TPSA) is 68.2 Å². The van der Waals surface area contributed by atoms with Crippen LogP contribution in [0.25, 0.3) is 11.1 Å². The molecule has 0 fully saturated rings. The van der Waals surface area contributed by atoms with E-state index in [9.17, 15) is 10.2 Å². The fourth-order valence-electron chi connectivity index (χ4n) is 3.32. The molecule has 1 aliphatic carbocycles. The third-order valence-corrected chi connectivity index (χ3v) is 4.30. The van der Waals surface area contributed by atoms with Crippen molar-refractivity contribution >= 4 is 0 Å². The van der Waals surface area contributed by atoms with E-state index in [1.54, 1.807) is 26.4 Å². The molecule has 2 aromatic carbocycles. The molecule has 0 saturated carbocycles. The zero-order valence-corrected chi connectivity index (χ0v) is 13.5. The molecule has 0 amide bonds. The van der Waals surface area contributed by atoms with Crippen LogP contribution in [0.1, 0.15) is 16.7 Å². The Morgan fingerprint density at radius 1 is 1.00 bits per heavy atom. The molecule has 0 aromatic heterocycles. The van der Waals surface area contributed by atoms with E-state index in [2.05, 4.69) is 0 Å². The lowest BCUT2D eigenvalue weighted by atomic mass is 9.82. The predicted octanol–water partition coefficient (Wildman–Crippen LogP) is 3.03. The lowest BCUT2D eigenvalue weighted by Gasteiger charge is -2.27. The molecule has 23 heavy (non-hydrogen) atoms. The Balaban J connectivity index is 2.37. The van der Waals surface area contributed by atoms with E-state index in [4.69, 9.17) is 14.2 Å². The van der Waals surface area contributed by atoms with Crippen LogP contribution in [0.5, 0.6) is 23.0 Å². The van der Waals surface area contributed by atoms with E-state index in [1.165, 1.54) is 7.11 Å². The van der Waals surface area contributed by atoms with Gasteiger partial charge in [0.2, 0.25) is 5.75 Å². The molecule has 0 atom stereocenters. The molecule has 3 rings (SSSR count). The van der Waals surface area contributed by atoms with Crippen molar-refractivity contribution in [2.24, 2.45) is 0 Å². The molecule has 0 saturated heterocycles. The number of aromatic hydroxyl groups is 2. The van der Waals surface area contributed by atoms with Crippen LogP contribution >= 0.6 is 0 Å². The van der Waals surface area contributed by atoms with Gasteiger partial charge in [0, 0.05) is 18.2 Å². The maximum atomic E-state index is 10.6. The second-order valence-electron chi connectivity index (χ2n) is 5.52. The van der Waals surface area contributed by atoms with Crippen LogP contribution in [-0.4, -0.2) is 31.5 Å². The summed E-state index contributed by atoms with van der Waals surface area (Å²) in [7, 11) is 4.65. The van der Waals surface area contributed by atoms with Gasteiger partial charge < -0.3 is 24.4 Å². The van der Waals surface area contributed by atoms with Crippen molar-refractivity contribution in [3.8, 4) is 34.1 Å². The molecule has 0 aliphatic heterocycles. The van der Waals surface area contributed by atoms with Gasteiger partial charge in [-0.05, 0) is 41.7 Å². The number of hydrogen-bond donors (Lipinski definition) is 2. The third kappa shape index (κ3) is 2.37. The smallest absolute Gasteiger partial charge is 0.204 e. The van der Waals surface area contributed by atoms with Crippen LogP contribution in [0.4, 0.5) is 0 Å². The summed E-state index contributed by atoms with van der Waals surface area (Å²) in [6, 6.07) is 5.30. The first-order valence-corrected chi connectivity index (χ1v) is 7.42. The van der Waals surface area contributed by atoms with Crippen LogP contribution in [0.2, 0.25) is 0 Å². The van der Waals surface area contributed by atoms with Crippen molar-refractivity contribution in [2.75, 3.05) is 21.3 Å². The van der Waals surface area contributed by atoms with Crippen molar-refractivity contribution in [1.29, 1.82) is 0 Å². The van der Waals surface area contributed by atoms with Crippen LogP contribution in [-0.2, 0) is 24.2 Å². The van der Waals surface area contributed by atoms with Crippen molar-refractivity contribution in [2.45, 2.75) is 19.4 Å². The quantitative estimate of drug-likeness (QED) is 0.907. The normalized spacial score (nSPS) is 12.5. The highest BCUT2D eigenvalue weighted by molar-refractivity contribution is 5.85. The maximum absolute atomic E-state index is 10.6. The Morgan fingerprint density at radius 3 is 2.39 bits per heavy atom. The number of methoxy groups -OCH3 is 3. The Kier molecular flexibility index (Phi) is 4.05. The van der Waals surface area contributed by atoms with Crippen LogP contribution < -0.4 is 9.47 Å². The van der Waals surface area contributed by atoms with Gasteiger partial charge in [0.05, 0.1) is 20.8 Å². The molecular weight excluding hydrogens is 296 g/mol. The first-order chi connectivity index (χ1) is 11.1. The minimum atomic E-state index is 0.0622. The van der Waals surface area contributed by atoms with E-state index in [1.807, 2.05) is 6.07 Å². The number of rotatable bonds is 4. The Labute approximate surface area is 135 Å². The third-order valence-electron chi connectivity index (χ3n) is 4.30. The van der Waals surface area contributed by atoms with Crippen LogP contribution in [0.15, 0.2) is 18.2 Å². The SMILES string of the molecule is COCc1c(O)c(OC)c(OC)c2c1CCc1cc(O)ccc1-2. The summed E-state index contributed by atoms with van der Waals surface area (Å²) < 4.78 is 16.2. The Bertz CT molecular complexity index is 752. The number of hydrogen-bond acceptors (Lipinski definition) is 5. The van der Waals surface area contributed by atoms with Gasteiger partial charge >= 0.3 is 0 Å². The molecule has 122 valence electrons. The summed E-state index contributed by atoms with van der Waals surface area (Å²) in [6.07, 6.45) is 1.51. The molecule has 2 aromatic rings. The van der Waals surface area contributed by atoms with Gasteiger partial charge in [0.1, 0.15) is 5.75 Å². The summed E-state index contributed by atoms with van der Waals surface area (Å²) in [5.74, 6) is 1.12. The van der Waals surface area contributed by atoms with Gasteiger partial charge in [-0.25, -0.2) is 0 Å². The van der Waals surface area contributed by atoms with Gasteiger partial charge in [-0.3, -0.25) is 0 Å². The molecule has 0 bridgehead atoms. The monoisotopic (exact) mass is 316 g/mol. The van der Waals surface area contributed by atoms with E-state index in [0.717, 1.165) is 40.7 Å². The molecule has 5 nitrogen and oxygen atoms in total. The summed E-state index contributed by atoms with van der Waals surface area (Å²) >= 11 is 0. The molecule has 0 radical (unpaired) electrons. The summed E-state index contributed by atoms with van der Waals surface area (Å²) in [5.41, 5.74) is 4.65. The molecule has 2 N–H and O–H groups in total. The summed E-state index contributed by atoms with van der Waals surface area (Å²) in [6.45, 7) is 0.294. The molecule has 1 aliphatic rings. The zero-order chi connectivity index (χ0) is 16.6. The van der Waals surface area contributed by atoms with Crippen molar-refractivity contribution < 1.29 is 24.4 Å². The largest absolute Gasteiger partial charge is 0.508 e. The summed E-state index contributed by atoms with van der Waals surface area (Å²) in [4.78, 5) is 0. The van der Waals surface area contributed by atoms with E-state index in [-0.39, 0.29) is 11.5 Å². The number of benzene rings is 2. The predicted molar refractivity (Wildman–Crippen MR) is 86.4 cm³/mol. The molecule has 0 spiro atoms. The molecule has 0 heterocycles. The highest BCUT2D eigenvalue weighted by Gasteiger charge is 2.29. The van der Waals surface area contributed by atoms with Gasteiger partial charge in [-0.2, -0.15) is 0 Å². The fourth-order valence-corrected chi connectivity index (χ4v) is 3.32. The van der Waals surface area contributed by atoms with E-state index >= 15 is 0 Å². The highest BCUT2D eigenvalue weighted by Crippen LogP contribution is 2.52. The molecule has 0 unspecified atom stereocenters. The minimum absolute atomic E-state index is 0.0622. The van der Waals surface area contributed by atoms with Crippen molar-refractivity contribution in [3.63, 3.8) is 0 Å². The number of phenols is 2. The fraction of sp³-hybridized carbons (Fsp3) is 0.333. The number of aryl methyl sites for hydroxylation is 1. The summed E-state index contributed by atoms with van der Waals surface area (Å²) in [5, 5.41) is 20.3. The van der Waals surface area contributed by atoms with Crippen molar-refractivity contribution in [1.82, 2.24) is 0 Å². The second kappa shape index (κ2) is 6.01. The standard InChI is InChI=1S/C18H20O5/c1-21-9-14-13-6-4-10-8-11(19)5-7-12(10)15(13)17(22-2)18(23-3)16(14)20/h5,7-8,19-20H,4,6,9H2,1-3H3. The Morgan fingerprint density at radius 2 is 1.74 bits per heavy atom. The van der Waals surface area contributed by atoms with Crippen LogP contribution in [0.3, 0.4) is 0 Å². The highest BCUT2D eigenvalue weighted by atomic mass is 16.5. The Hall–Kier alpha value is -2.40. The van der Waals surface area contributed by atoms with Crippen LogP contribution in [0, 0.1) is 0 Å². The van der Waals surface area contributed by atoms with Gasteiger partial charge in [0.25, 0.3) is 0 Å². The zero-order valence-electron chi connectivity index (χ0n) is 13.5. The van der Waals surface area contributed by atoms with Gasteiger partial charge in [0.15, 0.2) is 11.5 Å². The molecular formula is C18H20O5. The maximum Gasteiger partial charge on any atom is 0.204 e. The molecule has 5 heteroatoms. The number of ether oxygens (including phenoxy) is 3. The van der Waals surface area contributed by atoms with Gasteiger partial charge in [-0.15, -0.1) is 0 Å².